The second-order valence-corrected chi connectivity index (χ2v) is 6.04. The van der Waals surface area contributed by atoms with Crippen LogP contribution in [0.2, 0.25) is 5.28 Å². The lowest BCUT2D eigenvalue weighted by atomic mass is 10.4. The van der Waals surface area contributed by atoms with Crippen molar-refractivity contribution in [2.75, 3.05) is 11.5 Å². The predicted octanol–water partition coefficient (Wildman–Crippen LogP) is 4.31. The van der Waals surface area contributed by atoms with Crippen LogP contribution in [0.25, 0.3) is 0 Å². The lowest BCUT2D eigenvalue weighted by Crippen LogP contribution is -1.96. The number of rotatable bonds is 8. The molecule has 0 radical (unpaired) electrons. The highest BCUT2D eigenvalue weighted by molar-refractivity contribution is 7.99. The minimum absolute atomic E-state index is 0.304. The van der Waals surface area contributed by atoms with Gasteiger partial charge in [0.1, 0.15) is 0 Å². The summed E-state index contributed by atoms with van der Waals surface area (Å²) in [7, 11) is 0. The largest absolute Gasteiger partial charge is 0.227 e. The maximum absolute atomic E-state index is 5.89. The Hall–Kier alpha value is -0.000000000000000111. The van der Waals surface area contributed by atoms with Gasteiger partial charge in [-0.3, -0.25) is 0 Å². The van der Waals surface area contributed by atoms with Gasteiger partial charge in [-0.2, -0.15) is 15.0 Å². The summed E-state index contributed by atoms with van der Waals surface area (Å²) in [5.41, 5.74) is 0. The molecule has 0 fully saturated rings. The summed E-state index contributed by atoms with van der Waals surface area (Å²) in [4.78, 5) is 12.6. The van der Waals surface area contributed by atoms with Gasteiger partial charge in [0.15, 0.2) is 10.3 Å². The van der Waals surface area contributed by atoms with Gasteiger partial charge in [0.2, 0.25) is 5.28 Å². The first-order valence-corrected chi connectivity index (χ1v) is 8.28. The monoisotopic (exact) mass is 291 g/mol. The first-order valence-electron chi connectivity index (χ1n) is 5.93. The highest BCUT2D eigenvalue weighted by atomic mass is 35.5. The third-order valence-corrected chi connectivity index (χ3v) is 4.06. The number of halogens is 1. The average molecular weight is 292 g/mol. The zero-order valence-corrected chi connectivity index (χ0v) is 12.7. The molecule has 0 aliphatic rings. The second-order valence-electron chi connectivity index (χ2n) is 3.57. The van der Waals surface area contributed by atoms with E-state index >= 15 is 0 Å². The van der Waals surface area contributed by atoms with E-state index in [1.807, 2.05) is 0 Å². The molecule has 0 N–H and O–H groups in total. The van der Waals surface area contributed by atoms with Crippen LogP contribution in [0.15, 0.2) is 10.3 Å². The maximum Gasteiger partial charge on any atom is 0.227 e. The van der Waals surface area contributed by atoms with E-state index in [0.29, 0.717) is 5.28 Å². The smallest absolute Gasteiger partial charge is 0.196 e. The van der Waals surface area contributed by atoms with Gasteiger partial charge >= 0.3 is 0 Å². The van der Waals surface area contributed by atoms with Gasteiger partial charge in [0.25, 0.3) is 0 Å². The molecule has 0 aliphatic carbocycles. The van der Waals surface area contributed by atoms with E-state index < -0.39 is 0 Å². The number of aromatic nitrogens is 3. The van der Waals surface area contributed by atoms with Gasteiger partial charge < -0.3 is 0 Å². The Balaban J connectivity index is 2.53. The normalized spacial score (nSPS) is 10.8. The molecule has 96 valence electrons. The van der Waals surface area contributed by atoms with Gasteiger partial charge in [-0.15, -0.1) is 0 Å². The molecule has 1 aromatic heterocycles. The lowest BCUT2D eigenvalue weighted by Gasteiger charge is -2.03. The van der Waals surface area contributed by atoms with E-state index in [1.54, 1.807) is 23.5 Å². The molecule has 0 aliphatic heterocycles. The molecule has 3 nitrogen and oxygen atoms in total. The van der Waals surface area contributed by atoms with Crippen molar-refractivity contribution < 1.29 is 0 Å². The van der Waals surface area contributed by atoms with Crippen LogP contribution in [-0.4, -0.2) is 26.5 Å². The summed E-state index contributed by atoms with van der Waals surface area (Å²) in [6.45, 7) is 4.35. The van der Waals surface area contributed by atoms with E-state index in [9.17, 15) is 0 Å². The van der Waals surface area contributed by atoms with Crippen molar-refractivity contribution in [1.29, 1.82) is 0 Å². The van der Waals surface area contributed by atoms with Gasteiger partial charge in [-0.1, -0.05) is 50.2 Å². The third-order valence-electron chi connectivity index (χ3n) is 2.03. The standard InChI is InChI=1S/C11H18ClN3S2/c1-3-5-7-16-10-13-9(12)14-11(15-10)17-8-6-4-2/h3-8H2,1-2H3. The van der Waals surface area contributed by atoms with Crippen molar-refractivity contribution in [2.24, 2.45) is 0 Å². The molecule has 0 spiro atoms. The fourth-order valence-electron chi connectivity index (χ4n) is 1.06. The molecule has 0 bridgehead atoms. The Morgan fingerprint density at radius 1 is 0.882 bits per heavy atom. The Labute approximate surface area is 117 Å². The first-order chi connectivity index (χ1) is 8.26. The van der Waals surface area contributed by atoms with Crippen molar-refractivity contribution in [1.82, 2.24) is 15.0 Å². The summed E-state index contributed by atoms with van der Waals surface area (Å²) in [6.07, 6.45) is 4.71. The summed E-state index contributed by atoms with van der Waals surface area (Å²) >= 11 is 9.19. The Morgan fingerprint density at radius 3 is 1.76 bits per heavy atom. The Kier molecular flexibility index (Phi) is 7.97. The Bertz CT molecular complexity index is 308. The van der Waals surface area contributed by atoms with Crippen molar-refractivity contribution in [3.8, 4) is 0 Å². The number of hydrogen-bond donors (Lipinski definition) is 0. The van der Waals surface area contributed by atoms with Crippen LogP contribution in [0.4, 0.5) is 0 Å². The van der Waals surface area contributed by atoms with E-state index in [2.05, 4.69) is 28.8 Å². The maximum atomic E-state index is 5.89. The minimum atomic E-state index is 0.304. The first kappa shape index (κ1) is 15.1. The lowest BCUT2D eigenvalue weighted by molar-refractivity contribution is 0.795. The summed E-state index contributed by atoms with van der Waals surface area (Å²) in [5.74, 6) is 2.08. The molecule has 0 saturated heterocycles. The van der Waals surface area contributed by atoms with Crippen LogP contribution in [0.5, 0.6) is 0 Å². The van der Waals surface area contributed by atoms with Gasteiger partial charge in [-0.05, 0) is 24.4 Å². The molecule has 6 heteroatoms. The van der Waals surface area contributed by atoms with E-state index in [1.165, 1.54) is 25.7 Å². The van der Waals surface area contributed by atoms with Crippen molar-refractivity contribution in [2.45, 2.75) is 49.8 Å². The summed E-state index contributed by atoms with van der Waals surface area (Å²) in [5, 5.41) is 1.80. The van der Waals surface area contributed by atoms with Crippen LogP contribution in [-0.2, 0) is 0 Å². The van der Waals surface area contributed by atoms with Crippen LogP contribution < -0.4 is 0 Å². The molecule has 0 atom stereocenters. The van der Waals surface area contributed by atoms with Crippen molar-refractivity contribution >= 4 is 35.1 Å². The zero-order valence-electron chi connectivity index (χ0n) is 10.3. The van der Waals surface area contributed by atoms with E-state index in [-0.39, 0.29) is 0 Å². The fraction of sp³-hybridized carbons (Fsp3) is 0.727. The molecular weight excluding hydrogens is 274 g/mol. The van der Waals surface area contributed by atoms with Gasteiger partial charge in [-0.25, -0.2) is 0 Å². The van der Waals surface area contributed by atoms with Crippen LogP contribution >= 0.6 is 35.1 Å². The summed E-state index contributed by atoms with van der Waals surface area (Å²) < 4.78 is 0. The minimum Gasteiger partial charge on any atom is -0.196 e. The quantitative estimate of drug-likeness (QED) is 0.527. The van der Waals surface area contributed by atoms with Crippen molar-refractivity contribution in [3.05, 3.63) is 5.28 Å². The van der Waals surface area contributed by atoms with Gasteiger partial charge in [0.05, 0.1) is 0 Å². The molecule has 0 unspecified atom stereocenters. The summed E-state index contributed by atoms with van der Waals surface area (Å²) in [6, 6.07) is 0. The molecule has 0 aromatic carbocycles. The molecule has 0 saturated carbocycles. The van der Waals surface area contributed by atoms with Gasteiger partial charge in [0, 0.05) is 11.5 Å². The zero-order chi connectivity index (χ0) is 12.5. The fourth-order valence-corrected chi connectivity index (χ4v) is 3.21. The van der Waals surface area contributed by atoms with Crippen LogP contribution in [0, 0.1) is 0 Å². The number of nitrogens with zero attached hydrogens (tertiary/aromatic N) is 3. The highest BCUT2D eigenvalue weighted by Gasteiger charge is 2.05. The molecule has 17 heavy (non-hydrogen) atoms. The molecular formula is C11H18ClN3S2. The van der Waals surface area contributed by atoms with E-state index in [0.717, 1.165) is 21.8 Å². The Morgan fingerprint density at radius 2 is 1.35 bits per heavy atom. The number of thioether (sulfide) groups is 2. The van der Waals surface area contributed by atoms with Crippen LogP contribution in [0.1, 0.15) is 39.5 Å². The predicted molar refractivity (Wildman–Crippen MR) is 76.1 cm³/mol. The third kappa shape index (κ3) is 6.48. The molecule has 1 rings (SSSR count). The number of hydrogen-bond acceptors (Lipinski definition) is 5. The molecule has 1 heterocycles. The van der Waals surface area contributed by atoms with Crippen molar-refractivity contribution in [3.63, 3.8) is 0 Å². The molecule has 0 amide bonds. The SMILES string of the molecule is CCCCSc1nc(Cl)nc(SCCCC)n1. The molecule has 1 aromatic rings. The van der Waals surface area contributed by atoms with E-state index in [4.69, 9.17) is 11.6 Å². The second kappa shape index (κ2) is 9.00. The number of unbranched alkanes of at least 4 members (excludes halogenated alkanes) is 2. The average Bonchev–Trinajstić information content (AvgIpc) is 2.29. The van der Waals surface area contributed by atoms with Crippen LogP contribution in [0.3, 0.4) is 0 Å². The highest BCUT2D eigenvalue weighted by Crippen LogP contribution is 2.21. The topological polar surface area (TPSA) is 38.7 Å².